The van der Waals surface area contributed by atoms with Gasteiger partial charge in [-0.2, -0.15) is 0 Å². The Morgan fingerprint density at radius 2 is 1.95 bits per heavy atom. The Hall–Kier alpha value is -1.68. The fourth-order valence-electron chi connectivity index (χ4n) is 1.87. The number of anilines is 1. The van der Waals surface area contributed by atoms with Crippen molar-refractivity contribution in [3.8, 4) is 0 Å². The van der Waals surface area contributed by atoms with E-state index >= 15 is 0 Å². The summed E-state index contributed by atoms with van der Waals surface area (Å²) in [6.07, 6.45) is 4.01. The predicted octanol–water partition coefficient (Wildman–Crippen LogP) is 3.00. The molecule has 1 aromatic carbocycles. The van der Waals surface area contributed by atoms with Gasteiger partial charge in [-0.1, -0.05) is 31.9 Å². The first kappa shape index (κ1) is 16.4. The number of rotatable bonds is 9. The summed E-state index contributed by atoms with van der Waals surface area (Å²) >= 11 is 0. The molecular weight excluding hydrogens is 252 g/mol. The van der Waals surface area contributed by atoms with Crippen LogP contribution in [0.3, 0.4) is 0 Å². The summed E-state index contributed by atoms with van der Waals surface area (Å²) < 4.78 is 0. The normalized spacial score (nSPS) is 10.3. The highest BCUT2D eigenvalue weighted by atomic mass is 16.1. The first-order valence-electron chi connectivity index (χ1n) is 7.25. The number of hydrogen-bond donors (Lipinski definition) is 2. The average molecular weight is 276 g/mol. The van der Waals surface area contributed by atoms with E-state index in [9.17, 15) is 9.59 Å². The molecule has 0 aliphatic rings. The van der Waals surface area contributed by atoms with E-state index in [2.05, 4.69) is 17.6 Å². The van der Waals surface area contributed by atoms with Gasteiger partial charge in [-0.3, -0.25) is 9.59 Å². The van der Waals surface area contributed by atoms with E-state index in [0.29, 0.717) is 24.2 Å². The van der Waals surface area contributed by atoms with Crippen LogP contribution in [0.25, 0.3) is 0 Å². The standard InChI is InChI=1S/C16H24N2O2/c1-3-4-5-10-17-11-9-16(20)18-15-8-6-7-14(12-15)13(2)19/h6-8,12,17H,3-5,9-11H2,1-2H3,(H,18,20). The minimum absolute atomic E-state index is 0.00121. The Bertz CT molecular complexity index is 444. The molecule has 0 unspecified atom stereocenters. The van der Waals surface area contributed by atoms with Gasteiger partial charge in [0.1, 0.15) is 0 Å². The SMILES string of the molecule is CCCCCNCCC(=O)Nc1cccc(C(C)=O)c1. The fourth-order valence-corrected chi connectivity index (χ4v) is 1.87. The smallest absolute Gasteiger partial charge is 0.225 e. The number of amides is 1. The van der Waals surface area contributed by atoms with Crippen molar-refractivity contribution in [3.05, 3.63) is 29.8 Å². The lowest BCUT2D eigenvalue weighted by Gasteiger charge is -2.07. The van der Waals surface area contributed by atoms with Crippen molar-refractivity contribution in [3.63, 3.8) is 0 Å². The van der Waals surface area contributed by atoms with Crippen molar-refractivity contribution in [2.24, 2.45) is 0 Å². The second kappa shape index (κ2) is 9.26. The Morgan fingerprint density at radius 1 is 1.15 bits per heavy atom. The summed E-state index contributed by atoms with van der Waals surface area (Å²) in [5.74, 6) is -0.0348. The molecule has 1 aromatic rings. The van der Waals surface area contributed by atoms with E-state index < -0.39 is 0 Å². The summed E-state index contributed by atoms with van der Waals surface area (Å²) in [7, 11) is 0. The molecule has 4 heteroatoms. The van der Waals surface area contributed by atoms with E-state index in [4.69, 9.17) is 0 Å². The molecule has 0 heterocycles. The maximum Gasteiger partial charge on any atom is 0.225 e. The molecule has 0 aromatic heterocycles. The molecule has 1 amide bonds. The summed E-state index contributed by atoms with van der Waals surface area (Å²) in [5, 5.41) is 6.06. The molecule has 0 aliphatic heterocycles. The van der Waals surface area contributed by atoms with Gasteiger partial charge in [-0.15, -0.1) is 0 Å². The molecule has 0 atom stereocenters. The molecule has 0 saturated carbocycles. The van der Waals surface area contributed by atoms with Crippen LogP contribution in [0, 0.1) is 0 Å². The second-order valence-corrected chi connectivity index (χ2v) is 4.89. The number of ketones is 1. The molecule has 110 valence electrons. The third-order valence-electron chi connectivity index (χ3n) is 3.04. The second-order valence-electron chi connectivity index (χ2n) is 4.89. The molecule has 2 N–H and O–H groups in total. The van der Waals surface area contributed by atoms with Gasteiger partial charge < -0.3 is 10.6 Å². The molecule has 0 bridgehead atoms. The number of unbranched alkanes of at least 4 members (excludes halogenated alkanes) is 2. The molecule has 1 rings (SSSR count). The van der Waals surface area contributed by atoms with Crippen LogP contribution in [0.2, 0.25) is 0 Å². The average Bonchev–Trinajstić information content (AvgIpc) is 2.43. The zero-order valence-electron chi connectivity index (χ0n) is 12.4. The van der Waals surface area contributed by atoms with Crippen LogP contribution in [-0.2, 0) is 4.79 Å². The monoisotopic (exact) mass is 276 g/mol. The van der Waals surface area contributed by atoms with Crippen LogP contribution >= 0.6 is 0 Å². The van der Waals surface area contributed by atoms with Crippen LogP contribution in [-0.4, -0.2) is 24.8 Å². The molecule has 0 radical (unpaired) electrons. The topological polar surface area (TPSA) is 58.2 Å². The van der Waals surface area contributed by atoms with Crippen LogP contribution in [0.4, 0.5) is 5.69 Å². The van der Waals surface area contributed by atoms with E-state index in [1.165, 1.54) is 19.8 Å². The highest BCUT2D eigenvalue weighted by Crippen LogP contribution is 2.11. The Balaban J connectivity index is 2.28. The lowest BCUT2D eigenvalue weighted by atomic mass is 10.1. The predicted molar refractivity (Wildman–Crippen MR) is 82.1 cm³/mol. The molecule has 0 fully saturated rings. The zero-order chi connectivity index (χ0) is 14.8. The number of benzene rings is 1. The molecule has 0 spiro atoms. The van der Waals surface area contributed by atoms with Crippen molar-refractivity contribution < 1.29 is 9.59 Å². The maximum absolute atomic E-state index is 11.7. The number of hydrogen-bond acceptors (Lipinski definition) is 3. The Labute approximate surface area is 121 Å². The highest BCUT2D eigenvalue weighted by Gasteiger charge is 2.04. The molecule has 0 saturated heterocycles. The highest BCUT2D eigenvalue weighted by molar-refractivity contribution is 5.97. The van der Waals surface area contributed by atoms with Gasteiger partial charge in [-0.05, 0) is 32.0 Å². The summed E-state index contributed by atoms with van der Waals surface area (Å²) in [5.41, 5.74) is 1.29. The van der Waals surface area contributed by atoms with Gasteiger partial charge in [0.25, 0.3) is 0 Å². The van der Waals surface area contributed by atoms with Crippen LogP contribution < -0.4 is 10.6 Å². The quantitative estimate of drug-likeness (QED) is 0.538. The van der Waals surface area contributed by atoms with Crippen molar-refractivity contribution in [1.82, 2.24) is 5.32 Å². The zero-order valence-corrected chi connectivity index (χ0v) is 12.4. The van der Waals surface area contributed by atoms with Crippen LogP contribution in [0.5, 0.6) is 0 Å². The Kier molecular flexibility index (Phi) is 7.58. The van der Waals surface area contributed by atoms with E-state index in [1.54, 1.807) is 24.3 Å². The lowest BCUT2D eigenvalue weighted by molar-refractivity contribution is -0.116. The largest absolute Gasteiger partial charge is 0.326 e. The van der Waals surface area contributed by atoms with Crippen molar-refractivity contribution >= 4 is 17.4 Å². The van der Waals surface area contributed by atoms with Crippen molar-refractivity contribution in [1.29, 1.82) is 0 Å². The third kappa shape index (κ3) is 6.48. The summed E-state index contributed by atoms with van der Waals surface area (Å²) in [4.78, 5) is 23.0. The molecule has 20 heavy (non-hydrogen) atoms. The summed E-state index contributed by atoms with van der Waals surface area (Å²) in [6, 6.07) is 7.01. The fraction of sp³-hybridized carbons (Fsp3) is 0.500. The lowest BCUT2D eigenvalue weighted by Crippen LogP contribution is -2.22. The van der Waals surface area contributed by atoms with Gasteiger partial charge in [0.05, 0.1) is 0 Å². The Morgan fingerprint density at radius 3 is 2.65 bits per heavy atom. The van der Waals surface area contributed by atoms with Gasteiger partial charge >= 0.3 is 0 Å². The van der Waals surface area contributed by atoms with Crippen molar-refractivity contribution in [2.45, 2.75) is 39.5 Å². The molecule has 0 aliphatic carbocycles. The molecular formula is C16H24N2O2. The van der Waals surface area contributed by atoms with E-state index in [-0.39, 0.29) is 11.7 Å². The minimum Gasteiger partial charge on any atom is -0.326 e. The number of nitrogens with one attached hydrogen (secondary N) is 2. The summed E-state index contributed by atoms with van der Waals surface area (Å²) in [6.45, 7) is 5.33. The van der Waals surface area contributed by atoms with Crippen LogP contribution in [0.15, 0.2) is 24.3 Å². The van der Waals surface area contributed by atoms with Crippen LogP contribution in [0.1, 0.15) is 49.9 Å². The van der Waals surface area contributed by atoms with Gasteiger partial charge in [0.2, 0.25) is 5.91 Å². The van der Waals surface area contributed by atoms with E-state index in [1.807, 2.05) is 0 Å². The first-order valence-corrected chi connectivity index (χ1v) is 7.25. The van der Waals surface area contributed by atoms with E-state index in [0.717, 1.165) is 13.0 Å². The maximum atomic E-state index is 11.7. The number of carbonyl (C=O) groups is 2. The van der Waals surface area contributed by atoms with Gasteiger partial charge in [0, 0.05) is 24.2 Å². The van der Waals surface area contributed by atoms with Gasteiger partial charge in [0.15, 0.2) is 5.78 Å². The molecule has 4 nitrogen and oxygen atoms in total. The van der Waals surface area contributed by atoms with Crippen molar-refractivity contribution in [2.75, 3.05) is 18.4 Å². The number of Topliss-reactive ketones (excluding diaryl/α,β-unsaturated/α-hetero) is 1. The first-order chi connectivity index (χ1) is 9.63. The van der Waals surface area contributed by atoms with Gasteiger partial charge in [-0.25, -0.2) is 0 Å². The number of carbonyl (C=O) groups excluding carboxylic acids is 2. The third-order valence-corrected chi connectivity index (χ3v) is 3.04. The minimum atomic E-state index is -0.0336.